The van der Waals surface area contributed by atoms with Crippen LogP contribution < -0.4 is 5.32 Å². The first-order valence-corrected chi connectivity index (χ1v) is 7.72. The second-order valence-electron chi connectivity index (χ2n) is 6.33. The molecule has 1 aromatic rings. The lowest BCUT2D eigenvalue weighted by atomic mass is 9.96. The predicted molar refractivity (Wildman–Crippen MR) is 82.6 cm³/mol. The molecule has 0 aromatic heterocycles. The van der Waals surface area contributed by atoms with Crippen LogP contribution in [0.15, 0.2) is 18.2 Å². The maximum Gasteiger partial charge on any atom is 0.146 e. The summed E-state index contributed by atoms with van der Waals surface area (Å²) in [5.41, 5.74) is 0.760. The van der Waals surface area contributed by atoms with Gasteiger partial charge in [-0.25, -0.2) is 4.39 Å². The largest absolute Gasteiger partial charge is 0.309 e. The van der Waals surface area contributed by atoms with E-state index < -0.39 is 0 Å². The Hall–Kier alpha value is -0.640. The fourth-order valence-electron chi connectivity index (χ4n) is 2.91. The van der Waals surface area contributed by atoms with Crippen LogP contribution in [-0.4, -0.2) is 29.6 Å². The average Bonchev–Trinajstić information content (AvgIpc) is 2.38. The van der Waals surface area contributed by atoms with Crippen molar-refractivity contribution in [2.75, 3.05) is 13.1 Å². The molecule has 1 atom stereocenters. The lowest BCUT2D eigenvalue weighted by Crippen LogP contribution is -2.61. The highest BCUT2D eigenvalue weighted by molar-refractivity contribution is 6.30. The molecule has 0 bridgehead atoms. The first-order chi connectivity index (χ1) is 9.43. The van der Waals surface area contributed by atoms with Crippen LogP contribution >= 0.6 is 11.6 Å². The van der Waals surface area contributed by atoms with E-state index in [0.29, 0.717) is 18.2 Å². The van der Waals surface area contributed by atoms with Crippen LogP contribution in [0.1, 0.15) is 39.2 Å². The zero-order valence-electron chi connectivity index (χ0n) is 12.5. The van der Waals surface area contributed by atoms with E-state index in [1.165, 1.54) is 0 Å². The molecule has 1 unspecified atom stereocenters. The zero-order chi connectivity index (χ0) is 14.8. The highest BCUT2D eigenvalue weighted by Gasteiger charge is 2.32. The number of nitrogens with one attached hydrogen (secondary N) is 1. The Morgan fingerprint density at radius 2 is 2.20 bits per heavy atom. The second kappa shape index (κ2) is 6.42. The average molecular weight is 299 g/mol. The quantitative estimate of drug-likeness (QED) is 0.909. The molecule has 0 spiro atoms. The number of hydrogen-bond acceptors (Lipinski definition) is 2. The van der Waals surface area contributed by atoms with E-state index in [1.807, 2.05) is 12.1 Å². The van der Waals surface area contributed by atoms with Gasteiger partial charge in [-0.05, 0) is 26.3 Å². The molecule has 0 amide bonds. The zero-order valence-corrected chi connectivity index (χ0v) is 13.3. The maximum atomic E-state index is 14.1. The van der Waals surface area contributed by atoms with Gasteiger partial charge in [-0.15, -0.1) is 0 Å². The summed E-state index contributed by atoms with van der Waals surface area (Å²) < 4.78 is 14.1. The molecule has 1 aliphatic rings. The van der Waals surface area contributed by atoms with Crippen molar-refractivity contribution in [3.05, 3.63) is 34.6 Å². The van der Waals surface area contributed by atoms with Crippen LogP contribution in [-0.2, 0) is 6.54 Å². The van der Waals surface area contributed by atoms with Crippen molar-refractivity contribution in [3.63, 3.8) is 0 Å². The summed E-state index contributed by atoms with van der Waals surface area (Å²) in [4.78, 5) is 2.38. The van der Waals surface area contributed by atoms with Gasteiger partial charge in [0, 0.05) is 36.8 Å². The van der Waals surface area contributed by atoms with Gasteiger partial charge in [0.15, 0.2) is 0 Å². The third-order valence-corrected chi connectivity index (χ3v) is 4.25. The molecule has 0 radical (unpaired) electrons. The molecule has 1 aromatic carbocycles. The SMILES string of the molecule is CCCC1CNC(C)(C)CN1Cc1cccc(Cl)c1F. The molecule has 2 nitrogen and oxygen atoms in total. The molecule has 1 fully saturated rings. The van der Waals surface area contributed by atoms with E-state index in [0.717, 1.165) is 25.9 Å². The summed E-state index contributed by atoms with van der Waals surface area (Å²) in [6.07, 6.45) is 2.27. The van der Waals surface area contributed by atoms with Gasteiger partial charge in [0.2, 0.25) is 0 Å². The van der Waals surface area contributed by atoms with Gasteiger partial charge in [-0.1, -0.05) is 37.1 Å². The minimum atomic E-state index is -0.277. The Kier molecular flexibility index (Phi) is 5.05. The maximum absolute atomic E-state index is 14.1. The molecular weight excluding hydrogens is 275 g/mol. The number of halogens is 2. The highest BCUT2D eigenvalue weighted by Crippen LogP contribution is 2.24. The third kappa shape index (κ3) is 3.72. The van der Waals surface area contributed by atoms with Gasteiger partial charge in [0.05, 0.1) is 5.02 Å². The van der Waals surface area contributed by atoms with E-state index in [9.17, 15) is 4.39 Å². The summed E-state index contributed by atoms with van der Waals surface area (Å²) >= 11 is 5.88. The summed E-state index contributed by atoms with van der Waals surface area (Å²) in [5, 5.41) is 3.79. The molecule has 1 N–H and O–H groups in total. The molecule has 1 heterocycles. The third-order valence-electron chi connectivity index (χ3n) is 3.96. The van der Waals surface area contributed by atoms with Crippen molar-refractivity contribution in [2.45, 2.75) is 51.7 Å². The number of rotatable bonds is 4. The molecule has 0 aliphatic carbocycles. The van der Waals surface area contributed by atoms with Gasteiger partial charge >= 0.3 is 0 Å². The number of piperazine rings is 1. The molecule has 2 rings (SSSR count). The molecule has 20 heavy (non-hydrogen) atoms. The van der Waals surface area contributed by atoms with E-state index in [4.69, 9.17) is 11.6 Å². The molecule has 0 saturated carbocycles. The predicted octanol–water partition coefficient (Wildman–Crippen LogP) is 3.83. The van der Waals surface area contributed by atoms with Crippen molar-refractivity contribution in [2.24, 2.45) is 0 Å². The Morgan fingerprint density at radius 1 is 1.45 bits per heavy atom. The minimum absolute atomic E-state index is 0.0687. The molecule has 1 aliphatic heterocycles. The Bertz CT molecular complexity index is 462. The van der Waals surface area contributed by atoms with Crippen LogP contribution in [0.4, 0.5) is 4.39 Å². The normalized spacial score (nSPS) is 22.9. The van der Waals surface area contributed by atoms with Gasteiger partial charge < -0.3 is 5.32 Å². The first kappa shape index (κ1) is 15.7. The van der Waals surface area contributed by atoms with Gasteiger partial charge in [0.25, 0.3) is 0 Å². The fraction of sp³-hybridized carbons (Fsp3) is 0.625. The van der Waals surface area contributed by atoms with Gasteiger partial charge in [-0.2, -0.15) is 0 Å². The fourth-order valence-corrected chi connectivity index (χ4v) is 3.10. The standard InChI is InChI=1S/C16H24ClFN2/c1-4-6-13-9-19-16(2,3)11-20(13)10-12-7-5-8-14(17)15(12)18/h5,7-8,13,19H,4,6,9-11H2,1-3H3. The van der Waals surface area contributed by atoms with E-state index in [-0.39, 0.29) is 16.4 Å². The molecule has 1 saturated heterocycles. The van der Waals surface area contributed by atoms with Crippen LogP contribution in [0.25, 0.3) is 0 Å². The summed E-state index contributed by atoms with van der Waals surface area (Å²) in [7, 11) is 0. The summed E-state index contributed by atoms with van der Waals surface area (Å²) in [6.45, 7) is 9.08. The topological polar surface area (TPSA) is 15.3 Å². The van der Waals surface area contributed by atoms with Gasteiger partial charge in [0.1, 0.15) is 5.82 Å². The molecule has 112 valence electrons. The first-order valence-electron chi connectivity index (χ1n) is 7.35. The van der Waals surface area contributed by atoms with Crippen LogP contribution in [0.3, 0.4) is 0 Å². The van der Waals surface area contributed by atoms with Crippen molar-refractivity contribution >= 4 is 11.6 Å². The lowest BCUT2D eigenvalue weighted by Gasteiger charge is -2.44. The van der Waals surface area contributed by atoms with E-state index >= 15 is 0 Å². The molecule has 4 heteroatoms. The van der Waals surface area contributed by atoms with E-state index in [1.54, 1.807) is 6.07 Å². The van der Waals surface area contributed by atoms with Crippen molar-refractivity contribution in [1.29, 1.82) is 0 Å². The smallest absolute Gasteiger partial charge is 0.146 e. The van der Waals surface area contributed by atoms with E-state index in [2.05, 4.69) is 31.0 Å². The highest BCUT2D eigenvalue weighted by atomic mass is 35.5. The van der Waals surface area contributed by atoms with Crippen LogP contribution in [0.2, 0.25) is 5.02 Å². The summed E-state index contributed by atoms with van der Waals surface area (Å²) in [6, 6.07) is 5.72. The minimum Gasteiger partial charge on any atom is -0.309 e. The monoisotopic (exact) mass is 298 g/mol. The summed E-state index contributed by atoms with van der Waals surface area (Å²) in [5.74, 6) is -0.277. The van der Waals surface area contributed by atoms with Crippen molar-refractivity contribution < 1.29 is 4.39 Å². The number of benzene rings is 1. The Labute approximate surface area is 126 Å². The van der Waals surface area contributed by atoms with Crippen LogP contribution in [0.5, 0.6) is 0 Å². The molecular formula is C16H24ClFN2. The van der Waals surface area contributed by atoms with Crippen LogP contribution in [0, 0.1) is 5.82 Å². The van der Waals surface area contributed by atoms with Crippen molar-refractivity contribution in [1.82, 2.24) is 10.2 Å². The van der Waals surface area contributed by atoms with Crippen molar-refractivity contribution in [3.8, 4) is 0 Å². The Morgan fingerprint density at radius 3 is 2.90 bits per heavy atom. The number of nitrogens with zero attached hydrogens (tertiary/aromatic N) is 1. The van der Waals surface area contributed by atoms with Gasteiger partial charge in [-0.3, -0.25) is 4.90 Å². The Balaban J connectivity index is 2.16. The number of hydrogen-bond donors (Lipinski definition) is 1. The lowest BCUT2D eigenvalue weighted by molar-refractivity contribution is 0.0816. The second-order valence-corrected chi connectivity index (χ2v) is 6.73.